The van der Waals surface area contributed by atoms with Crippen molar-refractivity contribution in [1.29, 1.82) is 0 Å². The summed E-state index contributed by atoms with van der Waals surface area (Å²) in [6, 6.07) is 16.3. The molecule has 0 radical (unpaired) electrons. The summed E-state index contributed by atoms with van der Waals surface area (Å²) in [5.74, 6) is -1.67. The zero-order chi connectivity index (χ0) is 23.0. The molecule has 8 heteroatoms. The van der Waals surface area contributed by atoms with E-state index in [0.29, 0.717) is 16.9 Å². The van der Waals surface area contributed by atoms with E-state index >= 15 is 0 Å². The average Bonchev–Trinajstić information content (AvgIpc) is 2.99. The van der Waals surface area contributed by atoms with Gasteiger partial charge < -0.3 is 5.32 Å². The number of carbonyl (C=O) groups is 2. The number of nitrogens with one attached hydrogen (secondary N) is 1. The van der Waals surface area contributed by atoms with Gasteiger partial charge in [-0.1, -0.05) is 18.2 Å². The van der Waals surface area contributed by atoms with Crippen LogP contribution in [0, 0.1) is 29.8 Å². The summed E-state index contributed by atoms with van der Waals surface area (Å²) in [5, 5.41) is 13.9. The molecule has 1 aliphatic heterocycles. The molecule has 7 nitrogen and oxygen atoms in total. The van der Waals surface area contributed by atoms with Gasteiger partial charge in [0.1, 0.15) is 11.5 Å². The molecule has 0 aromatic heterocycles. The van der Waals surface area contributed by atoms with Crippen LogP contribution in [-0.4, -0.2) is 16.7 Å². The smallest absolute Gasteiger partial charge is 0.282 e. The second-order valence-electron chi connectivity index (χ2n) is 7.42. The largest absolute Gasteiger partial charge is 0.350 e. The zero-order valence-electron chi connectivity index (χ0n) is 17.3. The molecule has 4 rings (SSSR count). The average molecular weight is 431 g/mol. The first-order chi connectivity index (χ1) is 15.3. The maximum absolute atomic E-state index is 13.7. The minimum Gasteiger partial charge on any atom is -0.350 e. The lowest BCUT2D eigenvalue weighted by Crippen LogP contribution is -2.33. The first-order valence-corrected chi connectivity index (χ1v) is 9.74. The van der Waals surface area contributed by atoms with Crippen LogP contribution in [0.15, 0.2) is 72.4 Å². The van der Waals surface area contributed by atoms with Crippen molar-refractivity contribution >= 4 is 34.4 Å². The molecule has 0 aliphatic carbocycles. The second kappa shape index (κ2) is 8.07. The Morgan fingerprint density at radius 2 is 1.66 bits per heavy atom. The topological polar surface area (TPSA) is 92.6 Å². The molecule has 3 aromatic rings. The lowest BCUT2D eigenvalue weighted by Gasteiger charge is -2.18. The van der Waals surface area contributed by atoms with Gasteiger partial charge in [-0.3, -0.25) is 19.7 Å². The number of nitro groups is 1. The fourth-order valence-corrected chi connectivity index (χ4v) is 3.55. The summed E-state index contributed by atoms with van der Waals surface area (Å²) in [6.45, 7) is 3.64. The minimum absolute atomic E-state index is 0.0321. The number of imide groups is 1. The number of nitrogens with zero attached hydrogens (tertiary/aromatic N) is 2. The highest BCUT2D eigenvalue weighted by Crippen LogP contribution is 2.36. The minimum atomic E-state index is -0.596. The molecule has 0 saturated carbocycles. The van der Waals surface area contributed by atoms with Crippen molar-refractivity contribution in [3.63, 3.8) is 0 Å². The van der Waals surface area contributed by atoms with Crippen molar-refractivity contribution in [3.05, 3.63) is 105 Å². The van der Waals surface area contributed by atoms with Gasteiger partial charge in [0.2, 0.25) is 0 Å². The van der Waals surface area contributed by atoms with Gasteiger partial charge in [0, 0.05) is 17.8 Å². The predicted molar refractivity (Wildman–Crippen MR) is 118 cm³/mol. The first-order valence-electron chi connectivity index (χ1n) is 9.74. The highest BCUT2D eigenvalue weighted by molar-refractivity contribution is 6.46. The fourth-order valence-electron chi connectivity index (χ4n) is 3.55. The third-order valence-corrected chi connectivity index (χ3v) is 5.15. The van der Waals surface area contributed by atoms with Crippen molar-refractivity contribution in [1.82, 2.24) is 0 Å². The molecule has 32 heavy (non-hydrogen) atoms. The molecule has 0 atom stereocenters. The number of aryl methyl sites for hydroxylation is 2. The van der Waals surface area contributed by atoms with Gasteiger partial charge >= 0.3 is 0 Å². The van der Waals surface area contributed by atoms with Crippen LogP contribution in [0.2, 0.25) is 0 Å². The van der Waals surface area contributed by atoms with Crippen LogP contribution in [-0.2, 0) is 9.59 Å². The van der Waals surface area contributed by atoms with Crippen LogP contribution >= 0.6 is 0 Å². The van der Waals surface area contributed by atoms with E-state index in [1.54, 1.807) is 19.1 Å². The summed E-state index contributed by atoms with van der Waals surface area (Å²) in [6.07, 6.45) is 0. The Balaban J connectivity index is 1.85. The molecule has 0 fully saturated rings. The second-order valence-corrected chi connectivity index (χ2v) is 7.42. The van der Waals surface area contributed by atoms with Crippen molar-refractivity contribution < 1.29 is 18.9 Å². The van der Waals surface area contributed by atoms with Gasteiger partial charge in [-0.05, 0) is 66.9 Å². The SMILES string of the molecule is Cc1ccc(C)c(N2C(=O)C(Nc3cccc(F)c3)=C(c3ccc([N+](=O)[O-])cc3)C2=O)c1. The Morgan fingerprint density at radius 1 is 0.938 bits per heavy atom. The molecule has 1 heterocycles. The van der Waals surface area contributed by atoms with E-state index < -0.39 is 22.6 Å². The van der Waals surface area contributed by atoms with Crippen LogP contribution in [0.25, 0.3) is 5.57 Å². The summed E-state index contributed by atoms with van der Waals surface area (Å²) in [5.41, 5.74) is 2.55. The van der Waals surface area contributed by atoms with Crippen molar-refractivity contribution in [2.24, 2.45) is 0 Å². The number of amides is 2. The molecule has 0 bridgehead atoms. The highest BCUT2D eigenvalue weighted by atomic mass is 19.1. The van der Waals surface area contributed by atoms with Gasteiger partial charge in [0.05, 0.1) is 16.2 Å². The summed E-state index contributed by atoms with van der Waals surface area (Å²) in [7, 11) is 0. The van der Waals surface area contributed by atoms with Gasteiger partial charge in [0.25, 0.3) is 17.5 Å². The van der Waals surface area contributed by atoms with Crippen molar-refractivity contribution in [2.45, 2.75) is 13.8 Å². The normalized spacial score (nSPS) is 13.7. The number of non-ortho nitro benzene ring substituents is 1. The monoisotopic (exact) mass is 431 g/mol. The fraction of sp³-hybridized carbons (Fsp3) is 0.0833. The van der Waals surface area contributed by atoms with E-state index in [4.69, 9.17) is 0 Å². The summed E-state index contributed by atoms with van der Waals surface area (Å²) >= 11 is 0. The third kappa shape index (κ3) is 3.74. The van der Waals surface area contributed by atoms with Crippen molar-refractivity contribution in [3.8, 4) is 0 Å². The van der Waals surface area contributed by atoms with Gasteiger partial charge in [-0.2, -0.15) is 0 Å². The zero-order valence-corrected chi connectivity index (χ0v) is 17.3. The maximum Gasteiger partial charge on any atom is 0.282 e. The Labute approximate surface area is 182 Å². The van der Waals surface area contributed by atoms with Crippen LogP contribution in [0.5, 0.6) is 0 Å². The van der Waals surface area contributed by atoms with E-state index in [9.17, 15) is 24.1 Å². The molecule has 0 unspecified atom stereocenters. The van der Waals surface area contributed by atoms with E-state index in [2.05, 4.69) is 5.32 Å². The molecule has 1 N–H and O–H groups in total. The lowest BCUT2D eigenvalue weighted by atomic mass is 10.0. The predicted octanol–water partition coefficient (Wildman–Crippen LogP) is 4.75. The standard InChI is InChI=1S/C24H18FN3O4/c1-14-6-7-15(2)20(12-14)27-23(29)21(16-8-10-19(11-9-16)28(31)32)22(24(27)30)26-18-5-3-4-17(25)13-18/h3-13,26H,1-2H3. The van der Waals surface area contributed by atoms with Crippen LogP contribution in [0.1, 0.15) is 16.7 Å². The Kier molecular flexibility index (Phi) is 5.28. The lowest BCUT2D eigenvalue weighted by molar-refractivity contribution is -0.384. The van der Waals surface area contributed by atoms with Gasteiger partial charge in [-0.15, -0.1) is 0 Å². The molecule has 3 aromatic carbocycles. The number of halogens is 1. The molecule has 0 saturated heterocycles. The van der Waals surface area contributed by atoms with Crippen molar-refractivity contribution in [2.75, 3.05) is 10.2 Å². The van der Waals surface area contributed by atoms with E-state index in [1.165, 1.54) is 42.5 Å². The van der Waals surface area contributed by atoms with E-state index in [-0.39, 0.29) is 17.0 Å². The van der Waals surface area contributed by atoms with Crippen LogP contribution < -0.4 is 10.2 Å². The third-order valence-electron chi connectivity index (χ3n) is 5.15. The number of rotatable bonds is 5. The number of hydrogen-bond donors (Lipinski definition) is 1. The van der Waals surface area contributed by atoms with E-state index in [0.717, 1.165) is 16.0 Å². The molecule has 160 valence electrons. The quantitative estimate of drug-likeness (QED) is 0.358. The Bertz CT molecular complexity index is 1300. The molecule has 2 amide bonds. The van der Waals surface area contributed by atoms with Gasteiger partial charge in [0.15, 0.2) is 0 Å². The van der Waals surface area contributed by atoms with Crippen LogP contribution in [0.3, 0.4) is 0 Å². The molecule has 0 spiro atoms. The molecular formula is C24H18FN3O4. The molecular weight excluding hydrogens is 413 g/mol. The molecule has 1 aliphatic rings. The summed E-state index contributed by atoms with van der Waals surface area (Å²) < 4.78 is 13.7. The Hall–Kier alpha value is -4.33. The van der Waals surface area contributed by atoms with Gasteiger partial charge in [-0.25, -0.2) is 9.29 Å². The highest BCUT2D eigenvalue weighted by Gasteiger charge is 2.41. The Morgan fingerprint density at radius 3 is 2.31 bits per heavy atom. The first kappa shape index (κ1) is 20.9. The summed E-state index contributed by atoms with van der Waals surface area (Å²) in [4.78, 5) is 38.4. The number of anilines is 2. The van der Waals surface area contributed by atoms with E-state index in [1.807, 2.05) is 19.1 Å². The maximum atomic E-state index is 13.7. The number of hydrogen-bond acceptors (Lipinski definition) is 5. The number of carbonyl (C=O) groups excluding carboxylic acids is 2. The number of nitro benzene ring substituents is 1. The van der Waals surface area contributed by atoms with Crippen LogP contribution in [0.4, 0.5) is 21.5 Å². The number of benzene rings is 3.